The minimum absolute atomic E-state index is 0.143. The molecule has 12 heteroatoms. The quantitative estimate of drug-likeness (QED) is 0.105. The molecule has 0 bridgehead atoms. The molecule has 0 aromatic rings. The van der Waals surface area contributed by atoms with E-state index in [1.165, 1.54) is 44.9 Å². The van der Waals surface area contributed by atoms with Crippen LogP contribution in [0.1, 0.15) is 84.0 Å². The Labute approximate surface area is 241 Å². The van der Waals surface area contributed by atoms with Gasteiger partial charge >= 0.3 is 5.97 Å². The van der Waals surface area contributed by atoms with E-state index in [0.717, 1.165) is 19.3 Å². The average Bonchev–Trinajstić information content (AvgIpc) is 3.18. The van der Waals surface area contributed by atoms with Gasteiger partial charge in [0.2, 0.25) is 5.79 Å². The highest BCUT2D eigenvalue weighted by molar-refractivity contribution is 6.21. The third-order valence-corrected chi connectivity index (χ3v) is 8.39. The van der Waals surface area contributed by atoms with E-state index in [1.54, 1.807) is 0 Å². The second-order valence-corrected chi connectivity index (χ2v) is 11.3. The zero-order valence-corrected chi connectivity index (χ0v) is 24.5. The van der Waals surface area contributed by atoms with Crippen LogP contribution in [0.25, 0.3) is 0 Å². The van der Waals surface area contributed by atoms with Crippen LogP contribution in [-0.4, -0.2) is 98.8 Å². The van der Waals surface area contributed by atoms with Gasteiger partial charge in [-0.05, 0) is 6.42 Å². The van der Waals surface area contributed by atoms with Gasteiger partial charge in [0, 0.05) is 6.42 Å². The second-order valence-electron chi connectivity index (χ2n) is 10.2. The standard InChI is InChI=1S/C26H45Cl3O9/c1-2-3-4-5-6-7-8-9-10-11-12-13-19(31)36-24-21(32)17(14-27)37-26(24,16-28)38-25-23(34)22(33)20(29)18(15-30)35-25/h17-18,20-25,30,32-34H,2-16H2,1H3/t17-,18-,20+,21-,22+,23-,24+,25-,26+/m1/s1. The van der Waals surface area contributed by atoms with Gasteiger partial charge in [-0.1, -0.05) is 71.1 Å². The fourth-order valence-electron chi connectivity index (χ4n) is 4.83. The Bertz CT molecular complexity index is 674. The van der Waals surface area contributed by atoms with E-state index in [0.29, 0.717) is 6.42 Å². The van der Waals surface area contributed by atoms with E-state index in [-0.39, 0.29) is 12.3 Å². The van der Waals surface area contributed by atoms with Crippen molar-refractivity contribution in [3.05, 3.63) is 0 Å². The molecule has 0 spiro atoms. The van der Waals surface area contributed by atoms with E-state index in [9.17, 15) is 25.2 Å². The third-order valence-electron chi connectivity index (χ3n) is 7.17. The first-order chi connectivity index (χ1) is 18.2. The Morgan fingerprint density at radius 1 is 0.868 bits per heavy atom. The molecule has 224 valence electrons. The number of rotatable bonds is 18. The molecule has 9 atom stereocenters. The molecule has 0 saturated carbocycles. The van der Waals surface area contributed by atoms with E-state index in [4.69, 9.17) is 53.8 Å². The number of carbonyl (C=O) groups is 1. The van der Waals surface area contributed by atoms with Crippen molar-refractivity contribution in [1.82, 2.24) is 0 Å². The fourth-order valence-corrected chi connectivity index (χ4v) is 5.65. The highest BCUT2D eigenvalue weighted by Gasteiger charge is 2.60. The van der Waals surface area contributed by atoms with Crippen LogP contribution < -0.4 is 0 Å². The number of hydrogen-bond acceptors (Lipinski definition) is 9. The third kappa shape index (κ3) is 9.57. The van der Waals surface area contributed by atoms with E-state index >= 15 is 0 Å². The summed E-state index contributed by atoms with van der Waals surface area (Å²) in [4.78, 5) is 12.7. The highest BCUT2D eigenvalue weighted by Crippen LogP contribution is 2.40. The summed E-state index contributed by atoms with van der Waals surface area (Å²) in [5.41, 5.74) is 0. The fraction of sp³-hybridized carbons (Fsp3) is 0.962. The van der Waals surface area contributed by atoms with E-state index in [2.05, 4.69) is 6.92 Å². The van der Waals surface area contributed by atoms with Crippen LogP contribution in [0.15, 0.2) is 0 Å². The van der Waals surface area contributed by atoms with Gasteiger partial charge in [-0.3, -0.25) is 4.79 Å². The number of aliphatic hydroxyl groups is 4. The molecule has 0 amide bonds. The van der Waals surface area contributed by atoms with Gasteiger partial charge in [-0.2, -0.15) is 0 Å². The first kappa shape index (κ1) is 34.3. The summed E-state index contributed by atoms with van der Waals surface area (Å²) < 4.78 is 22.7. The number of aliphatic hydroxyl groups excluding tert-OH is 4. The maximum absolute atomic E-state index is 12.7. The molecule has 2 fully saturated rings. The van der Waals surface area contributed by atoms with Crippen LogP contribution in [0.4, 0.5) is 0 Å². The van der Waals surface area contributed by atoms with Crippen molar-refractivity contribution in [3.63, 3.8) is 0 Å². The zero-order valence-electron chi connectivity index (χ0n) is 22.2. The minimum Gasteiger partial charge on any atom is -0.454 e. The molecule has 2 saturated heterocycles. The lowest BCUT2D eigenvalue weighted by atomic mass is 10.0. The summed E-state index contributed by atoms with van der Waals surface area (Å²) >= 11 is 18.2. The monoisotopic (exact) mass is 606 g/mol. The molecular formula is C26H45Cl3O9. The van der Waals surface area contributed by atoms with Crippen molar-refractivity contribution in [2.45, 2.75) is 138 Å². The molecule has 0 aliphatic carbocycles. The van der Waals surface area contributed by atoms with E-state index in [1.807, 2.05) is 0 Å². The first-order valence-corrected chi connectivity index (χ1v) is 15.4. The number of ether oxygens (including phenoxy) is 4. The first-order valence-electron chi connectivity index (χ1n) is 13.9. The van der Waals surface area contributed by atoms with Crippen molar-refractivity contribution in [2.24, 2.45) is 0 Å². The molecule has 0 unspecified atom stereocenters. The maximum atomic E-state index is 12.7. The Morgan fingerprint density at radius 2 is 1.45 bits per heavy atom. The molecule has 2 heterocycles. The van der Waals surface area contributed by atoms with Crippen molar-refractivity contribution in [3.8, 4) is 0 Å². The predicted molar refractivity (Wildman–Crippen MR) is 144 cm³/mol. The average molecular weight is 608 g/mol. The maximum Gasteiger partial charge on any atom is 0.306 e. The zero-order chi connectivity index (χ0) is 28.1. The van der Waals surface area contributed by atoms with Crippen LogP contribution in [0.2, 0.25) is 0 Å². The molecule has 0 aromatic heterocycles. The largest absolute Gasteiger partial charge is 0.454 e. The highest BCUT2D eigenvalue weighted by atomic mass is 35.5. The molecular weight excluding hydrogens is 563 g/mol. The Hall–Kier alpha value is 0.0600. The molecule has 4 N–H and O–H groups in total. The van der Waals surface area contributed by atoms with Crippen LogP contribution in [0, 0.1) is 0 Å². The Balaban J connectivity index is 1.87. The van der Waals surface area contributed by atoms with Gasteiger partial charge in [-0.15, -0.1) is 34.8 Å². The van der Waals surface area contributed by atoms with Crippen LogP contribution in [0.5, 0.6) is 0 Å². The molecule has 0 radical (unpaired) electrons. The SMILES string of the molecule is CCCCCCCCCCCCCC(=O)O[C@H]1[C@H](O)[C@@H](CCl)O[C@@]1(CCl)O[C@H]1O[C@H](CO)[C@H](Cl)[C@H](O)[C@H]1O. The van der Waals surface area contributed by atoms with Gasteiger partial charge < -0.3 is 39.4 Å². The van der Waals surface area contributed by atoms with Gasteiger partial charge in [0.25, 0.3) is 0 Å². The van der Waals surface area contributed by atoms with E-state index < -0.39 is 72.5 Å². The molecule has 2 aliphatic rings. The molecule has 0 aromatic carbocycles. The van der Waals surface area contributed by atoms with Crippen LogP contribution in [0.3, 0.4) is 0 Å². The van der Waals surface area contributed by atoms with Crippen molar-refractivity contribution >= 4 is 40.8 Å². The molecule has 2 rings (SSSR count). The number of esters is 1. The lowest BCUT2D eigenvalue weighted by Crippen LogP contribution is -2.61. The van der Waals surface area contributed by atoms with Crippen LogP contribution >= 0.6 is 34.8 Å². The van der Waals surface area contributed by atoms with Crippen molar-refractivity contribution in [2.75, 3.05) is 18.4 Å². The molecule has 38 heavy (non-hydrogen) atoms. The Morgan fingerprint density at radius 3 is 1.97 bits per heavy atom. The number of carbonyl (C=O) groups excluding carboxylic acids is 1. The molecule has 2 aliphatic heterocycles. The van der Waals surface area contributed by atoms with Gasteiger partial charge in [-0.25, -0.2) is 0 Å². The van der Waals surface area contributed by atoms with Crippen molar-refractivity contribution in [1.29, 1.82) is 0 Å². The van der Waals surface area contributed by atoms with Crippen LogP contribution in [-0.2, 0) is 23.7 Å². The summed E-state index contributed by atoms with van der Waals surface area (Å²) in [6, 6.07) is 0. The van der Waals surface area contributed by atoms with Gasteiger partial charge in [0.1, 0.15) is 30.5 Å². The Kier molecular flexibility index (Phi) is 16.0. The lowest BCUT2D eigenvalue weighted by Gasteiger charge is -2.43. The van der Waals surface area contributed by atoms with Gasteiger partial charge in [0.15, 0.2) is 12.4 Å². The second kappa shape index (κ2) is 17.8. The van der Waals surface area contributed by atoms with Gasteiger partial charge in [0.05, 0.1) is 23.7 Å². The molecule has 9 nitrogen and oxygen atoms in total. The number of alkyl halides is 3. The summed E-state index contributed by atoms with van der Waals surface area (Å²) in [5, 5.41) is 39.9. The predicted octanol–water partition coefficient (Wildman–Crippen LogP) is 3.60. The summed E-state index contributed by atoms with van der Waals surface area (Å²) in [7, 11) is 0. The topological polar surface area (TPSA) is 135 Å². The number of hydrogen-bond donors (Lipinski definition) is 4. The smallest absolute Gasteiger partial charge is 0.306 e. The number of unbranched alkanes of at least 4 members (excludes halogenated alkanes) is 10. The summed E-state index contributed by atoms with van der Waals surface area (Å²) in [6.45, 7) is 1.67. The number of halogens is 3. The minimum atomic E-state index is -1.92. The summed E-state index contributed by atoms with van der Waals surface area (Å²) in [6.07, 6.45) is 3.34. The lowest BCUT2D eigenvalue weighted by molar-refractivity contribution is -0.358. The van der Waals surface area contributed by atoms with Crippen molar-refractivity contribution < 1.29 is 44.2 Å². The summed E-state index contributed by atoms with van der Waals surface area (Å²) in [5.74, 6) is -3.03. The normalized spacial score (nSPS) is 35.5.